The number of hydrogen-bond donors (Lipinski definition) is 1. The molecule has 0 spiro atoms. The van der Waals surface area contributed by atoms with Crippen LogP contribution in [-0.2, 0) is 19.0 Å². The van der Waals surface area contributed by atoms with E-state index in [1.165, 1.54) is 12.1 Å². The van der Waals surface area contributed by atoms with Crippen molar-refractivity contribution in [2.75, 3.05) is 19.8 Å². The zero-order chi connectivity index (χ0) is 15.2. The molecule has 20 heavy (non-hydrogen) atoms. The third kappa shape index (κ3) is 3.43. The average Bonchev–Trinajstić information content (AvgIpc) is 2.39. The van der Waals surface area contributed by atoms with Gasteiger partial charge in [0.2, 0.25) is 6.54 Å². The highest BCUT2D eigenvalue weighted by Crippen LogP contribution is 2.63. The Morgan fingerprint density at radius 1 is 1.25 bits per heavy atom. The topological polar surface area (TPSA) is 98.9 Å². The summed E-state index contributed by atoms with van der Waals surface area (Å²) in [5.74, 6) is 0. The summed E-state index contributed by atoms with van der Waals surface area (Å²) in [5.41, 5.74) is 0.127. The normalized spacial score (nSPS) is 14.8. The standard InChI is InChI=1S/C12H18NO6P/c1-3-18-20(17,19-4-2)12(14,10-13(15)16)11-8-6-5-7-9-11/h5-9,14H,3-4,10H2,1-2H3. The first kappa shape index (κ1) is 16.8. The van der Waals surface area contributed by atoms with Crippen LogP contribution >= 0.6 is 7.60 Å². The predicted octanol–water partition coefficient (Wildman–Crippen LogP) is 2.37. The number of nitro groups is 1. The Hall–Kier alpha value is -1.27. The Morgan fingerprint density at radius 3 is 2.15 bits per heavy atom. The van der Waals surface area contributed by atoms with Gasteiger partial charge in [-0.05, 0) is 13.8 Å². The molecule has 1 rings (SSSR count). The minimum atomic E-state index is -4.10. The molecule has 0 saturated carbocycles. The molecule has 0 aliphatic carbocycles. The summed E-state index contributed by atoms with van der Waals surface area (Å²) in [7, 11) is -4.10. The van der Waals surface area contributed by atoms with Gasteiger partial charge in [0.1, 0.15) is 0 Å². The van der Waals surface area contributed by atoms with E-state index in [9.17, 15) is 19.8 Å². The Balaban J connectivity index is 3.36. The molecule has 1 N–H and O–H groups in total. The van der Waals surface area contributed by atoms with E-state index in [2.05, 4.69) is 0 Å². The molecule has 7 nitrogen and oxygen atoms in total. The van der Waals surface area contributed by atoms with Gasteiger partial charge in [-0.15, -0.1) is 0 Å². The van der Waals surface area contributed by atoms with Gasteiger partial charge in [0, 0.05) is 10.5 Å². The van der Waals surface area contributed by atoms with Crippen LogP contribution in [0.3, 0.4) is 0 Å². The summed E-state index contributed by atoms with van der Waals surface area (Å²) in [6.45, 7) is 2.19. The molecule has 1 unspecified atom stereocenters. The maximum Gasteiger partial charge on any atom is 0.373 e. The van der Waals surface area contributed by atoms with E-state index in [-0.39, 0.29) is 18.8 Å². The fraction of sp³-hybridized carbons (Fsp3) is 0.500. The van der Waals surface area contributed by atoms with Gasteiger partial charge in [0.15, 0.2) is 0 Å². The van der Waals surface area contributed by atoms with Crippen molar-refractivity contribution in [2.45, 2.75) is 19.2 Å². The summed E-state index contributed by atoms with van der Waals surface area (Å²) in [5, 5.41) is 19.2. The van der Waals surface area contributed by atoms with Crippen LogP contribution < -0.4 is 0 Å². The molecular formula is C12H18NO6P. The molecule has 8 heteroatoms. The van der Waals surface area contributed by atoms with Gasteiger partial charge in [-0.2, -0.15) is 0 Å². The Morgan fingerprint density at radius 2 is 1.75 bits per heavy atom. The molecule has 0 heterocycles. The van der Waals surface area contributed by atoms with Gasteiger partial charge in [-0.25, -0.2) is 0 Å². The van der Waals surface area contributed by atoms with Gasteiger partial charge in [0.05, 0.1) is 13.2 Å². The Labute approximate surface area is 117 Å². The molecule has 0 fully saturated rings. The lowest BCUT2D eigenvalue weighted by Gasteiger charge is -2.31. The highest BCUT2D eigenvalue weighted by molar-refractivity contribution is 7.55. The summed E-state index contributed by atoms with van der Waals surface area (Å²) >= 11 is 0. The van der Waals surface area contributed by atoms with Crippen molar-refractivity contribution in [3.8, 4) is 0 Å². The van der Waals surface area contributed by atoms with Crippen LogP contribution in [0.15, 0.2) is 30.3 Å². The van der Waals surface area contributed by atoms with Crippen LogP contribution in [0.2, 0.25) is 0 Å². The quantitative estimate of drug-likeness (QED) is 0.449. The van der Waals surface area contributed by atoms with E-state index in [0.717, 1.165) is 0 Å². The maximum absolute atomic E-state index is 12.8. The predicted molar refractivity (Wildman–Crippen MR) is 73.1 cm³/mol. The van der Waals surface area contributed by atoms with Crippen molar-refractivity contribution >= 4 is 7.60 Å². The van der Waals surface area contributed by atoms with Crippen LogP contribution in [-0.4, -0.2) is 29.8 Å². The SMILES string of the molecule is CCOP(=O)(OCC)C(O)(C[N+](=O)[O-])c1ccccc1. The second-order valence-electron chi connectivity index (χ2n) is 4.01. The molecule has 1 aromatic rings. The fourth-order valence-corrected chi connectivity index (χ4v) is 3.75. The van der Waals surface area contributed by atoms with Crippen LogP contribution in [0.25, 0.3) is 0 Å². The zero-order valence-electron chi connectivity index (χ0n) is 11.4. The largest absolute Gasteiger partial charge is 0.373 e. The molecule has 112 valence electrons. The third-order valence-corrected chi connectivity index (χ3v) is 5.14. The first-order valence-electron chi connectivity index (χ1n) is 6.18. The molecule has 0 radical (unpaired) electrons. The van der Waals surface area contributed by atoms with Crippen molar-refractivity contribution in [2.24, 2.45) is 0 Å². The maximum atomic E-state index is 12.8. The van der Waals surface area contributed by atoms with Crippen LogP contribution in [0, 0.1) is 10.1 Å². The lowest BCUT2D eigenvalue weighted by atomic mass is 10.1. The number of benzene rings is 1. The summed E-state index contributed by atoms with van der Waals surface area (Å²) in [4.78, 5) is 10.1. The first-order valence-corrected chi connectivity index (χ1v) is 7.72. The third-order valence-electron chi connectivity index (χ3n) is 2.64. The van der Waals surface area contributed by atoms with Crippen LogP contribution in [0.4, 0.5) is 0 Å². The van der Waals surface area contributed by atoms with Crippen molar-refractivity contribution in [1.29, 1.82) is 0 Å². The van der Waals surface area contributed by atoms with E-state index in [4.69, 9.17) is 9.05 Å². The van der Waals surface area contributed by atoms with Crippen molar-refractivity contribution < 1.29 is 23.6 Å². The minimum Gasteiger partial charge on any atom is -0.368 e. The lowest BCUT2D eigenvalue weighted by Crippen LogP contribution is -2.36. The molecule has 0 aliphatic heterocycles. The van der Waals surface area contributed by atoms with Gasteiger partial charge in [0.25, 0.3) is 5.34 Å². The summed E-state index contributed by atoms with van der Waals surface area (Å²) in [6.07, 6.45) is 0. The average molecular weight is 303 g/mol. The van der Waals surface area contributed by atoms with E-state index in [0.29, 0.717) is 0 Å². The Kier molecular flexibility index (Phi) is 5.83. The highest BCUT2D eigenvalue weighted by atomic mass is 31.2. The lowest BCUT2D eigenvalue weighted by molar-refractivity contribution is -0.496. The first-order chi connectivity index (χ1) is 9.39. The number of hydrogen-bond acceptors (Lipinski definition) is 6. The fourth-order valence-electron chi connectivity index (χ4n) is 1.81. The van der Waals surface area contributed by atoms with Gasteiger partial charge in [-0.1, -0.05) is 30.3 Å². The summed E-state index contributed by atoms with van der Waals surface area (Å²) < 4.78 is 22.9. The number of aliphatic hydroxyl groups is 1. The molecule has 0 saturated heterocycles. The van der Waals surface area contributed by atoms with Crippen molar-refractivity contribution in [3.05, 3.63) is 46.0 Å². The van der Waals surface area contributed by atoms with Crippen LogP contribution in [0.5, 0.6) is 0 Å². The molecule has 0 bridgehead atoms. The Bertz CT molecular complexity index is 484. The van der Waals surface area contributed by atoms with Gasteiger partial charge >= 0.3 is 7.60 Å². The van der Waals surface area contributed by atoms with E-state index >= 15 is 0 Å². The van der Waals surface area contributed by atoms with Gasteiger partial charge in [-0.3, -0.25) is 14.7 Å². The second-order valence-corrected chi connectivity index (χ2v) is 6.26. The number of nitrogens with zero attached hydrogens (tertiary/aromatic N) is 1. The molecule has 1 atom stereocenters. The molecular weight excluding hydrogens is 285 g/mol. The van der Waals surface area contributed by atoms with Gasteiger partial charge < -0.3 is 14.2 Å². The highest BCUT2D eigenvalue weighted by Gasteiger charge is 2.55. The van der Waals surface area contributed by atoms with Crippen LogP contribution in [0.1, 0.15) is 19.4 Å². The van der Waals surface area contributed by atoms with Crippen molar-refractivity contribution in [3.63, 3.8) is 0 Å². The number of rotatable bonds is 8. The summed E-state index contributed by atoms with van der Waals surface area (Å²) in [6, 6.07) is 7.76. The van der Waals surface area contributed by atoms with E-state index < -0.39 is 24.4 Å². The zero-order valence-corrected chi connectivity index (χ0v) is 12.3. The van der Waals surface area contributed by atoms with E-state index in [1.54, 1.807) is 32.0 Å². The molecule has 0 amide bonds. The molecule has 0 aliphatic rings. The smallest absolute Gasteiger partial charge is 0.368 e. The second kappa shape index (κ2) is 6.95. The van der Waals surface area contributed by atoms with E-state index in [1.807, 2.05) is 0 Å². The monoisotopic (exact) mass is 303 g/mol. The van der Waals surface area contributed by atoms with Crippen molar-refractivity contribution in [1.82, 2.24) is 0 Å². The molecule has 1 aromatic carbocycles. The molecule has 0 aromatic heterocycles. The minimum absolute atomic E-state index is 0.00410.